The van der Waals surface area contributed by atoms with Gasteiger partial charge in [0.1, 0.15) is 19.0 Å². The minimum absolute atomic E-state index is 0.105. The quantitative estimate of drug-likeness (QED) is 0.782. The summed E-state index contributed by atoms with van der Waals surface area (Å²) >= 11 is 0. The van der Waals surface area contributed by atoms with Crippen molar-refractivity contribution in [3.05, 3.63) is 23.7 Å². The third-order valence-electron chi connectivity index (χ3n) is 2.37. The maximum absolute atomic E-state index is 11.8. The summed E-state index contributed by atoms with van der Waals surface area (Å²) in [6.45, 7) is 0.327. The van der Waals surface area contributed by atoms with E-state index in [0.717, 1.165) is 12.1 Å². The number of alkyl halides is 2. The molecule has 0 spiro atoms. The first kappa shape index (κ1) is 11.5. The maximum atomic E-state index is 11.8. The van der Waals surface area contributed by atoms with Crippen LogP contribution in [-0.4, -0.2) is 19.1 Å². The lowest BCUT2D eigenvalue weighted by molar-refractivity contribution is 0.00453. The fourth-order valence-electron chi connectivity index (χ4n) is 1.39. The van der Waals surface area contributed by atoms with Gasteiger partial charge in [-0.15, -0.1) is 0 Å². The normalized spacial score (nSPS) is 15.9. The van der Waals surface area contributed by atoms with Crippen LogP contribution in [0.5, 0.6) is 0 Å². The molecule has 1 N–H and O–H groups in total. The molecule has 2 rings (SSSR count). The lowest BCUT2D eigenvalue weighted by Crippen LogP contribution is -2.14. The first-order chi connectivity index (χ1) is 7.74. The third-order valence-corrected chi connectivity index (χ3v) is 2.37. The summed E-state index contributed by atoms with van der Waals surface area (Å²) in [5.41, 5.74) is 1.03. The molecule has 1 saturated carbocycles. The molecule has 0 aliphatic heterocycles. The zero-order valence-electron chi connectivity index (χ0n) is 8.92. The number of furan rings is 1. The Morgan fingerprint density at radius 3 is 3.00 bits per heavy atom. The predicted octanol–water partition coefficient (Wildman–Crippen LogP) is 2.31. The van der Waals surface area contributed by atoms with Crippen LogP contribution in [-0.2, 0) is 17.9 Å². The van der Waals surface area contributed by atoms with Gasteiger partial charge >= 0.3 is 0 Å². The Balaban J connectivity index is 1.68. The largest absolute Gasteiger partial charge is 0.467 e. The van der Waals surface area contributed by atoms with Gasteiger partial charge in [-0.3, -0.25) is 0 Å². The molecule has 5 heteroatoms. The monoisotopic (exact) mass is 231 g/mol. The van der Waals surface area contributed by atoms with Gasteiger partial charge in [-0.05, 0) is 18.9 Å². The van der Waals surface area contributed by atoms with E-state index in [-0.39, 0.29) is 6.61 Å². The van der Waals surface area contributed by atoms with E-state index in [1.165, 1.54) is 12.8 Å². The van der Waals surface area contributed by atoms with Crippen LogP contribution in [0.3, 0.4) is 0 Å². The van der Waals surface area contributed by atoms with Crippen LogP contribution in [0.1, 0.15) is 24.2 Å². The van der Waals surface area contributed by atoms with Crippen molar-refractivity contribution < 1.29 is 17.9 Å². The second kappa shape index (κ2) is 5.41. The lowest BCUT2D eigenvalue weighted by Gasteiger charge is -1.99. The zero-order valence-corrected chi connectivity index (χ0v) is 8.92. The molecule has 1 aromatic rings. The molecular formula is C11H15F2NO2. The Kier molecular flexibility index (Phi) is 3.90. The first-order valence-electron chi connectivity index (χ1n) is 5.39. The second-order valence-electron chi connectivity index (χ2n) is 3.98. The number of rotatable bonds is 7. The number of hydrogen-bond acceptors (Lipinski definition) is 3. The average molecular weight is 231 g/mol. The molecule has 1 heterocycles. The van der Waals surface area contributed by atoms with Crippen molar-refractivity contribution in [2.45, 2.75) is 38.5 Å². The summed E-state index contributed by atoms with van der Waals surface area (Å²) in [7, 11) is 0. The molecule has 0 amide bonds. The van der Waals surface area contributed by atoms with E-state index >= 15 is 0 Å². The zero-order chi connectivity index (χ0) is 11.4. The molecule has 0 saturated heterocycles. The van der Waals surface area contributed by atoms with Gasteiger partial charge in [-0.2, -0.15) is 0 Å². The topological polar surface area (TPSA) is 34.4 Å². The van der Waals surface area contributed by atoms with Gasteiger partial charge in [0, 0.05) is 18.2 Å². The van der Waals surface area contributed by atoms with Gasteiger partial charge in [-0.1, -0.05) is 0 Å². The van der Waals surface area contributed by atoms with E-state index in [2.05, 4.69) is 5.32 Å². The van der Waals surface area contributed by atoms with Gasteiger partial charge in [-0.25, -0.2) is 8.78 Å². The summed E-state index contributed by atoms with van der Waals surface area (Å²) in [6.07, 6.45) is 1.69. The molecule has 0 atom stereocenters. The summed E-state index contributed by atoms with van der Waals surface area (Å²) in [5, 5.41) is 3.34. The Hall–Kier alpha value is -0.940. The van der Waals surface area contributed by atoms with Crippen LogP contribution < -0.4 is 5.32 Å². The fraction of sp³-hybridized carbons (Fsp3) is 0.636. The third kappa shape index (κ3) is 3.90. The van der Waals surface area contributed by atoms with Gasteiger partial charge in [0.15, 0.2) is 0 Å². The SMILES string of the molecule is FC(F)COCc1cc(CNC2CC2)co1. The summed E-state index contributed by atoms with van der Waals surface area (Å²) in [5.74, 6) is 0.591. The van der Waals surface area contributed by atoms with Crippen LogP contribution in [0, 0.1) is 0 Å². The summed E-state index contributed by atoms with van der Waals surface area (Å²) < 4.78 is 33.5. The van der Waals surface area contributed by atoms with Crippen molar-refractivity contribution in [2.24, 2.45) is 0 Å². The van der Waals surface area contributed by atoms with E-state index in [4.69, 9.17) is 9.15 Å². The Bertz CT molecular complexity index is 324. The van der Waals surface area contributed by atoms with Crippen molar-refractivity contribution in [1.29, 1.82) is 0 Å². The number of nitrogens with one attached hydrogen (secondary N) is 1. The van der Waals surface area contributed by atoms with Crippen LogP contribution in [0.25, 0.3) is 0 Å². The second-order valence-corrected chi connectivity index (χ2v) is 3.98. The van der Waals surface area contributed by atoms with Crippen LogP contribution >= 0.6 is 0 Å². The summed E-state index contributed by atoms with van der Waals surface area (Å²) in [4.78, 5) is 0. The Morgan fingerprint density at radius 1 is 1.50 bits per heavy atom. The van der Waals surface area contributed by atoms with E-state index in [1.54, 1.807) is 6.26 Å². The molecule has 1 aliphatic carbocycles. The average Bonchev–Trinajstić information content (AvgIpc) is 2.96. The van der Waals surface area contributed by atoms with Crippen molar-refractivity contribution >= 4 is 0 Å². The molecule has 16 heavy (non-hydrogen) atoms. The maximum Gasteiger partial charge on any atom is 0.261 e. The molecular weight excluding hydrogens is 216 g/mol. The van der Waals surface area contributed by atoms with Crippen LogP contribution in [0.2, 0.25) is 0 Å². The molecule has 90 valence electrons. The molecule has 1 fully saturated rings. The van der Waals surface area contributed by atoms with Crippen molar-refractivity contribution in [2.75, 3.05) is 6.61 Å². The van der Waals surface area contributed by atoms with Crippen LogP contribution in [0.4, 0.5) is 8.78 Å². The van der Waals surface area contributed by atoms with Crippen molar-refractivity contribution in [3.63, 3.8) is 0 Å². The van der Waals surface area contributed by atoms with Gasteiger partial charge < -0.3 is 14.5 Å². The lowest BCUT2D eigenvalue weighted by atomic mass is 10.3. The number of ether oxygens (including phenoxy) is 1. The molecule has 0 aromatic carbocycles. The van der Waals surface area contributed by atoms with Crippen molar-refractivity contribution in [1.82, 2.24) is 5.32 Å². The highest BCUT2D eigenvalue weighted by Crippen LogP contribution is 2.19. The number of hydrogen-bond donors (Lipinski definition) is 1. The van der Waals surface area contributed by atoms with E-state index < -0.39 is 13.0 Å². The minimum atomic E-state index is -2.43. The molecule has 1 aliphatic rings. The number of halogens is 2. The van der Waals surface area contributed by atoms with Crippen LogP contribution in [0.15, 0.2) is 16.7 Å². The molecule has 1 aromatic heterocycles. The highest BCUT2D eigenvalue weighted by atomic mass is 19.3. The van der Waals surface area contributed by atoms with Crippen molar-refractivity contribution in [3.8, 4) is 0 Å². The van der Waals surface area contributed by atoms with Gasteiger partial charge in [0.2, 0.25) is 0 Å². The molecule has 0 radical (unpaired) electrons. The molecule has 0 bridgehead atoms. The highest BCUT2D eigenvalue weighted by molar-refractivity contribution is 5.12. The minimum Gasteiger partial charge on any atom is -0.467 e. The van der Waals surface area contributed by atoms with E-state index in [1.807, 2.05) is 6.07 Å². The van der Waals surface area contributed by atoms with E-state index in [0.29, 0.717) is 11.8 Å². The highest BCUT2D eigenvalue weighted by Gasteiger charge is 2.20. The smallest absolute Gasteiger partial charge is 0.261 e. The van der Waals surface area contributed by atoms with Gasteiger partial charge in [0.25, 0.3) is 6.43 Å². The summed E-state index contributed by atoms with van der Waals surface area (Å²) in [6, 6.07) is 2.48. The molecule has 0 unspecified atom stereocenters. The van der Waals surface area contributed by atoms with Gasteiger partial charge in [0.05, 0.1) is 6.26 Å². The van der Waals surface area contributed by atoms with E-state index in [9.17, 15) is 8.78 Å². The fourth-order valence-corrected chi connectivity index (χ4v) is 1.39. The standard InChI is InChI=1S/C11H15F2NO2/c12-11(13)7-15-6-10-3-8(5-16-10)4-14-9-1-2-9/h3,5,9,11,14H,1-2,4,6-7H2. The Morgan fingerprint density at radius 2 is 2.31 bits per heavy atom. The Labute approximate surface area is 92.8 Å². The first-order valence-corrected chi connectivity index (χ1v) is 5.39. The molecule has 3 nitrogen and oxygen atoms in total. The predicted molar refractivity (Wildman–Crippen MR) is 54.2 cm³/mol.